The summed E-state index contributed by atoms with van der Waals surface area (Å²) < 4.78 is 37.9. The molecule has 0 bridgehead atoms. The van der Waals surface area contributed by atoms with E-state index in [1.54, 1.807) is 12.1 Å². The Morgan fingerprint density at radius 1 is 1.08 bits per heavy atom. The van der Waals surface area contributed by atoms with E-state index in [9.17, 15) is 13.2 Å². The summed E-state index contributed by atoms with van der Waals surface area (Å²) in [5.41, 5.74) is 1.27. The van der Waals surface area contributed by atoms with Gasteiger partial charge in [0, 0.05) is 17.8 Å². The van der Waals surface area contributed by atoms with Crippen molar-refractivity contribution in [1.29, 1.82) is 0 Å². The summed E-state index contributed by atoms with van der Waals surface area (Å²) in [6, 6.07) is 5.82. The Bertz CT molecular complexity index is 705. The zero-order valence-electron chi connectivity index (χ0n) is 14.2. The predicted octanol–water partition coefficient (Wildman–Crippen LogP) is 4.94. The van der Waals surface area contributed by atoms with Crippen LogP contribution in [0.15, 0.2) is 30.5 Å². The summed E-state index contributed by atoms with van der Waals surface area (Å²) in [7, 11) is 0. The van der Waals surface area contributed by atoms with Gasteiger partial charge in [0.1, 0.15) is 11.6 Å². The van der Waals surface area contributed by atoms with Crippen molar-refractivity contribution in [2.75, 3.05) is 5.32 Å². The van der Waals surface area contributed by atoms with Gasteiger partial charge in [0.05, 0.1) is 5.56 Å². The highest BCUT2D eigenvalue weighted by Crippen LogP contribution is 2.29. The van der Waals surface area contributed by atoms with Crippen molar-refractivity contribution in [3.8, 4) is 0 Å². The first-order valence-corrected chi connectivity index (χ1v) is 8.67. The quantitative estimate of drug-likeness (QED) is 0.830. The largest absolute Gasteiger partial charge is 0.416 e. The number of aromatic nitrogens is 2. The van der Waals surface area contributed by atoms with E-state index in [1.165, 1.54) is 12.8 Å². The van der Waals surface area contributed by atoms with Crippen LogP contribution in [-0.2, 0) is 19.0 Å². The zero-order valence-corrected chi connectivity index (χ0v) is 14.2. The molecule has 1 N–H and O–H groups in total. The van der Waals surface area contributed by atoms with Crippen LogP contribution in [-0.4, -0.2) is 16.0 Å². The second-order valence-electron chi connectivity index (χ2n) is 6.61. The monoisotopic (exact) mass is 349 g/mol. The number of nitrogens with one attached hydrogen (secondary N) is 1. The summed E-state index contributed by atoms with van der Waals surface area (Å²) in [5, 5.41) is 3.52. The molecule has 0 saturated heterocycles. The van der Waals surface area contributed by atoms with E-state index in [-0.39, 0.29) is 0 Å². The van der Waals surface area contributed by atoms with Crippen LogP contribution >= 0.6 is 0 Å². The van der Waals surface area contributed by atoms with Gasteiger partial charge in [0.2, 0.25) is 0 Å². The van der Waals surface area contributed by atoms with Crippen molar-refractivity contribution in [1.82, 2.24) is 9.97 Å². The molecule has 3 rings (SSSR count). The topological polar surface area (TPSA) is 37.8 Å². The smallest absolute Gasteiger partial charge is 0.367 e. The normalized spacial score (nSPS) is 15.5. The van der Waals surface area contributed by atoms with Gasteiger partial charge in [-0.1, -0.05) is 25.0 Å². The molecular weight excluding hydrogens is 327 g/mol. The van der Waals surface area contributed by atoms with Crippen molar-refractivity contribution >= 4 is 5.82 Å². The van der Waals surface area contributed by atoms with E-state index in [2.05, 4.69) is 15.3 Å². The Morgan fingerprint density at radius 2 is 1.76 bits per heavy atom. The molecule has 1 saturated carbocycles. The molecule has 1 aliphatic rings. The second kappa shape index (κ2) is 7.42. The fourth-order valence-corrected chi connectivity index (χ4v) is 3.21. The molecule has 3 nitrogen and oxygen atoms in total. The van der Waals surface area contributed by atoms with E-state index in [4.69, 9.17) is 0 Å². The summed E-state index contributed by atoms with van der Waals surface area (Å²) in [6.45, 7) is 1.86. The molecule has 1 aromatic carbocycles. The van der Waals surface area contributed by atoms with Crippen LogP contribution in [0.2, 0.25) is 0 Å². The Hall–Kier alpha value is -2.11. The SMILES string of the molecule is Cc1ncc(CCc2ccc(C(F)(F)F)cc2)c(NC2CCCC2)n1. The van der Waals surface area contributed by atoms with Crippen LogP contribution in [0.3, 0.4) is 0 Å². The summed E-state index contributed by atoms with van der Waals surface area (Å²) in [4.78, 5) is 8.80. The number of hydrogen-bond acceptors (Lipinski definition) is 3. The van der Waals surface area contributed by atoms with Crippen LogP contribution in [0.4, 0.5) is 19.0 Å². The van der Waals surface area contributed by atoms with Gasteiger partial charge in [-0.05, 0) is 50.3 Å². The van der Waals surface area contributed by atoms with Crippen LogP contribution in [0.25, 0.3) is 0 Å². The molecule has 134 valence electrons. The Kier molecular flexibility index (Phi) is 5.25. The minimum absolute atomic E-state index is 0.458. The lowest BCUT2D eigenvalue weighted by Gasteiger charge is -2.16. The summed E-state index contributed by atoms with van der Waals surface area (Å²) in [5.74, 6) is 1.59. The van der Waals surface area contributed by atoms with Gasteiger partial charge in [-0.3, -0.25) is 0 Å². The summed E-state index contributed by atoms with van der Waals surface area (Å²) in [6.07, 6.45) is 3.67. The standard InChI is InChI=1S/C19H22F3N3/c1-13-23-12-15(18(24-13)25-17-4-2-3-5-17)9-6-14-7-10-16(11-8-14)19(20,21)22/h7-8,10-12,17H,2-6,9H2,1H3,(H,23,24,25). The minimum atomic E-state index is -4.29. The van der Waals surface area contributed by atoms with Gasteiger partial charge in [-0.2, -0.15) is 13.2 Å². The van der Waals surface area contributed by atoms with E-state index in [0.29, 0.717) is 18.9 Å². The first kappa shape index (κ1) is 17.7. The van der Waals surface area contributed by atoms with E-state index < -0.39 is 11.7 Å². The third-order valence-corrected chi connectivity index (χ3v) is 4.65. The highest BCUT2D eigenvalue weighted by Gasteiger charge is 2.29. The van der Waals surface area contributed by atoms with Gasteiger partial charge in [0.25, 0.3) is 0 Å². The fraction of sp³-hybridized carbons (Fsp3) is 0.474. The molecule has 25 heavy (non-hydrogen) atoms. The predicted molar refractivity (Wildman–Crippen MR) is 91.5 cm³/mol. The van der Waals surface area contributed by atoms with Gasteiger partial charge in [0.15, 0.2) is 0 Å². The molecule has 1 aliphatic carbocycles. The molecule has 0 spiro atoms. The lowest BCUT2D eigenvalue weighted by atomic mass is 10.0. The highest BCUT2D eigenvalue weighted by molar-refractivity contribution is 5.44. The fourth-order valence-electron chi connectivity index (χ4n) is 3.21. The minimum Gasteiger partial charge on any atom is -0.367 e. The molecule has 6 heteroatoms. The summed E-state index contributed by atoms with van der Waals surface area (Å²) >= 11 is 0. The van der Waals surface area contributed by atoms with Crippen LogP contribution in [0.1, 0.15) is 48.2 Å². The van der Waals surface area contributed by atoms with Gasteiger partial charge in [-0.15, -0.1) is 0 Å². The lowest BCUT2D eigenvalue weighted by molar-refractivity contribution is -0.137. The lowest BCUT2D eigenvalue weighted by Crippen LogP contribution is -2.18. The van der Waals surface area contributed by atoms with Gasteiger partial charge in [-0.25, -0.2) is 9.97 Å². The maximum atomic E-state index is 12.6. The van der Waals surface area contributed by atoms with Crippen LogP contribution < -0.4 is 5.32 Å². The number of nitrogens with zero attached hydrogens (tertiary/aromatic N) is 2. The van der Waals surface area contributed by atoms with Crippen molar-refractivity contribution in [2.24, 2.45) is 0 Å². The molecular formula is C19H22F3N3. The Balaban J connectivity index is 1.68. The second-order valence-corrected chi connectivity index (χ2v) is 6.61. The van der Waals surface area contributed by atoms with Gasteiger partial charge < -0.3 is 5.32 Å². The molecule has 1 fully saturated rings. The molecule has 0 aliphatic heterocycles. The maximum absolute atomic E-state index is 12.6. The average molecular weight is 349 g/mol. The highest BCUT2D eigenvalue weighted by atomic mass is 19.4. The van der Waals surface area contributed by atoms with E-state index in [1.807, 2.05) is 13.1 Å². The number of halogens is 3. The number of hydrogen-bond donors (Lipinski definition) is 1. The maximum Gasteiger partial charge on any atom is 0.416 e. The Morgan fingerprint density at radius 3 is 2.40 bits per heavy atom. The number of benzene rings is 1. The zero-order chi connectivity index (χ0) is 17.9. The molecule has 0 amide bonds. The Labute approximate surface area is 145 Å². The number of anilines is 1. The third kappa shape index (κ3) is 4.71. The first-order chi connectivity index (χ1) is 11.9. The third-order valence-electron chi connectivity index (χ3n) is 4.65. The first-order valence-electron chi connectivity index (χ1n) is 8.67. The number of rotatable bonds is 5. The van der Waals surface area contributed by atoms with Crippen molar-refractivity contribution in [2.45, 2.75) is 57.7 Å². The molecule has 0 radical (unpaired) electrons. The van der Waals surface area contributed by atoms with Gasteiger partial charge >= 0.3 is 6.18 Å². The van der Waals surface area contributed by atoms with Crippen molar-refractivity contribution in [3.63, 3.8) is 0 Å². The van der Waals surface area contributed by atoms with Crippen LogP contribution in [0.5, 0.6) is 0 Å². The number of alkyl halides is 3. The van der Waals surface area contributed by atoms with Crippen LogP contribution in [0, 0.1) is 6.92 Å². The van der Waals surface area contributed by atoms with Crippen molar-refractivity contribution in [3.05, 3.63) is 53.0 Å². The van der Waals surface area contributed by atoms with E-state index >= 15 is 0 Å². The molecule has 1 aromatic heterocycles. The molecule has 1 heterocycles. The molecule has 0 atom stereocenters. The average Bonchev–Trinajstić information content (AvgIpc) is 3.07. The van der Waals surface area contributed by atoms with E-state index in [0.717, 1.165) is 47.7 Å². The molecule has 2 aromatic rings. The molecule has 0 unspecified atom stereocenters. The number of aryl methyl sites for hydroxylation is 3. The van der Waals surface area contributed by atoms with Crippen molar-refractivity contribution < 1.29 is 13.2 Å².